The third kappa shape index (κ3) is 7.61. The van der Waals surface area contributed by atoms with Crippen molar-refractivity contribution < 1.29 is 13.2 Å². The molecule has 1 N–H and O–H groups in total. The molecule has 1 aromatic rings. The van der Waals surface area contributed by atoms with E-state index in [1.807, 2.05) is 24.3 Å². The Morgan fingerprint density at radius 3 is 2.26 bits per heavy atom. The number of carbonyl (C=O) groups excluding carboxylic acids is 1. The summed E-state index contributed by atoms with van der Waals surface area (Å²) in [6.45, 7) is 4.85. The summed E-state index contributed by atoms with van der Waals surface area (Å²) in [5.41, 5.74) is 1.95. The molecule has 0 aliphatic rings. The highest BCUT2D eigenvalue weighted by Crippen LogP contribution is 2.11. The summed E-state index contributed by atoms with van der Waals surface area (Å²) in [6.07, 6.45) is 5.15. The number of unbranched alkanes of at least 4 members (excludes halogenated alkanes) is 2. The molecule has 0 saturated carbocycles. The van der Waals surface area contributed by atoms with E-state index in [1.54, 1.807) is 0 Å². The summed E-state index contributed by atoms with van der Waals surface area (Å²) >= 11 is 0. The van der Waals surface area contributed by atoms with Gasteiger partial charge in [0.05, 0.1) is 6.26 Å². The van der Waals surface area contributed by atoms with E-state index < -0.39 is 10.0 Å². The minimum atomic E-state index is -3.27. The number of anilines is 1. The number of rotatable bonds is 10. The van der Waals surface area contributed by atoms with E-state index in [1.165, 1.54) is 16.1 Å². The van der Waals surface area contributed by atoms with Gasteiger partial charge in [0.1, 0.15) is 0 Å². The maximum atomic E-state index is 12.0. The second-order valence-corrected chi connectivity index (χ2v) is 7.70. The highest BCUT2D eigenvalue weighted by molar-refractivity contribution is 7.88. The standard InChI is InChI=1S/C17H28N2O3S/c1-4-6-7-13-19(23(3,21)22)14-12-17(20)18-16-10-8-15(5-2)9-11-16/h8-11H,4-7,12-14H2,1-3H3,(H,18,20). The van der Waals surface area contributed by atoms with Crippen LogP contribution in [0.3, 0.4) is 0 Å². The lowest BCUT2D eigenvalue weighted by Crippen LogP contribution is -2.33. The fourth-order valence-corrected chi connectivity index (χ4v) is 3.14. The van der Waals surface area contributed by atoms with Gasteiger partial charge < -0.3 is 5.32 Å². The van der Waals surface area contributed by atoms with Gasteiger partial charge in [0.25, 0.3) is 0 Å². The average molecular weight is 340 g/mol. The first-order valence-corrected chi connectivity index (χ1v) is 10.1. The molecular formula is C17H28N2O3S. The fraction of sp³-hybridized carbons (Fsp3) is 0.588. The van der Waals surface area contributed by atoms with Crippen LogP contribution in [0.1, 0.15) is 45.1 Å². The number of hydrogen-bond acceptors (Lipinski definition) is 3. The van der Waals surface area contributed by atoms with Crippen LogP contribution >= 0.6 is 0 Å². The van der Waals surface area contributed by atoms with Crippen LogP contribution in [-0.4, -0.2) is 38.0 Å². The van der Waals surface area contributed by atoms with Crippen molar-refractivity contribution in [2.75, 3.05) is 24.7 Å². The first-order valence-electron chi connectivity index (χ1n) is 8.20. The SMILES string of the molecule is CCCCCN(CCC(=O)Nc1ccc(CC)cc1)S(C)(=O)=O. The third-order valence-corrected chi connectivity index (χ3v) is 5.02. The predicted molar refractivity (Wildman–Crippen MR) is 95.0 cm³/mol. The molecule has 0 aliphatic heterocycles. The van der Waals surface area contributed by atoms with E-state index in [-0.39, 0.29) is 18.9 Å². The molecule has 1 rings (SSSR count). The van der Waals surface area contributed by atoms with E-state index in [9.17, 15) is 13.2 Å². The number of aryl methyl sites for hydroxylation is 1. The molecule has 5 nitrogen and oxygen atoms in total. The lowest BCUT2D eigenvalue weighted by Gasteiger charge is -2.19. The van der Waals surface area contributed by atoms with E-state index in [0.29, 0.717) is 6.54 Å². The Labute approximate surface area is 140 Å². The molecule has 0 aliphatic carbocycles. The van der Waals surface area contributed by atoms with Crippen LogP contribution in [0.5, 0.6) is 0 Å². The van der Waals surface area contributed by atoms with Crippen molar-refractivity contribution >= 4 is 21.6 Å². The molecule has 0 atom stereocenters. The Balaban J connectivity index is 2.50. The van der Waals surface area contributed by atoms with Gasteiger partial charge in [0.2, 0.25) is 15.9 Å². The normalized spacial score (nSPS) is 11.7. The van der Waals surface area contributed by atoms with Gasteiger partial charge in [-0.1, -0.05) is 38.8 Å². The molecule has 130 valence electrons. The molecule has 0 heterocycles. The number of sulfonamides is 1. The zero-order valence-corrected chi connectivity index (χ0v) is 15.2. The molecule has 0 aromatic heterocycles. The molecule has 0 unspecified atom stereocenters. The van der Waals surface area contributed by atoms with Crippen molar-refractivity contribution in [3.8, 4) is 0 Å². The zero-order valence-electron chi connectivity index (χ0n) is 14.3. The monoisotopic (exact) mass is 340 g/mol. The minimum Gasteiger partial charge on any atom is -0.326 e. The maximum Gasteiger partial charge on any atom is 0.225 e. The summed E-state index contributed by atoms with van der Waals surface area (Å²) < 4.78 is 24.9. The lowest BCUT2D eigenvalue weighted by molar-refractivity contribution is -0.116. The predicted octanol–water partition coefficient (Wildman–Crippen LogP) is 3.03. The lowest BCUT2D eigenvalue weighted by atomic mass is 10.1. The van der Waals surface area contributed by atoms with Crippen LogP contribution < -0.4 is 5.32 Å². The Kier molecular flexibility index (Phi) is 8.26. The molecule has 0 bridgehead atoms. The van der Waals surface area contributed by atoms with Crippen molar-refractivity contribution in [2.45, 2.75) is 46.0 Å². The first-order chi connectivity index (χ1) is 10.9. The van der Waals surface area contributed by atoms with Gasteiger partial charge >= 0.3 is 0 Å². The van der Waals surface area contributed by atoms with Crippen LogP contribution in [0.4, 0.5) is 5.69 Å². The smallest absolute Gasteiger partial charge is 0.225 e. The van der Waals surface area contributed by atoms with E-state index in [2.05, 4.69) is 19.2 Å². The Hall–Kier alpha value is -1.40. The number of hydrogen-bond donors (Lipinski definition) is 1. The van der Waals surface area contributed by atoms with Crippen LogP contribution in [-0.2, 0) is 21.2 Å². The van der Waals surface area contributed by atoms with Gasteiger partial charge in [0, 0.05) is 25.2 Å². The largest absolute Gasteiger partial charge is 0.326 e. The van der Waals surface area contributed by atoms with Crippen molar-refractivity contribution in [1.29, 1.82) is 0 Å². The van der Waals surface area contributed by atoms with Gasteiger partial charge in [-0.05, 0) is 30.5 Å². The maximum absolute atomic E-state index is 12.0. The molecule has 6 heteroatoms. The Bertz CT molecular complexity index is 582. The third-order valence-electron chi connectivity index (χ3n) is 3.71. The second kappa shape index (κ2) is 9.67. The first kappa shape index (κ1) is 19.6. The summed E-state index contributed by atoms with van der Waals surface area (Å²) in [5.74, 6) is -0.168. The molecule has 23 heavy (non-hydrogen) atoms. The molecule has 0 saturated heterocycles. The molecule has 0 radical (unpaired) electrons. The zero-order chi connectivity index (χ0) is 17.3. The van der Waals surface area contributed by atoms with Gasteiger partial charge in [-0.25, -0.2) is 12.7 Å². The van der Waals surface area contributed by atoms with Gasteiger partial charge in [-0.2, -0.15) is 0 Å². The van der Waals surface area contributed by atoms with Gasteiger partial charge in [-0.15, -0.1) is 0 Å². The summed E-state index contributed by atoms with van der Waals surface area (Å²) in [4.78, 5) is 12.0. The summed E-state index contributed by atoms with van der Waals surface area (Å²) in [7, 11) is -3.27. The van der Waals surface area contributed by atoms with Gasteiger partial charge in [-0.3, -0.25) is 4.79 Å². The number of nitrogens with zero attached hydrogens (tertiary/aromatic N) is 1. The fourth-order valence-electron chi connectivity index (χ4n) is 2.26. The van der Waals surface area contributed by atoms with E-state index in [4.69, 9.17) is 0 Å². The van der Waals surface area contributed by atoms with Crippen molar-refractivity contribution in [2.24, 2.45) is 0 Å². The topological polar surface area (TPSA) is 66.5 Å². The van der Waals surface area contributed by atoms with Crippen LogP contribution in [0, 0.1) is 0 Å². The van der Waals surface area contributed by atoms with Crippen molar-refractivity contribution in [3.05, 3.63) is 29.8 Å². The van der Waals surface area contributed by atoms with Gasteiger partial charge in [0.15, 0.2) is 0 Å². The van der Waals surface area contributed by atoms with Crippen LogP contribution in [0.2, 0.25) is 0 Å². The molecular weight excluding hydrogens is 312 g/mol. The van der Waals surface area contributed by atoms with E-state index in [0.717, 1.165) is 31.4 Å². The number of nitrogens with one attached hydrogen (secondary N) is 1. The highest BCUT2D eigenvalue weighted by Gasteiger charge is 2.17. The Morgan fingerprint density at radius 1 is 1.09 bits per heavy atom. The highest BCUT2D eigenvalue weighted by atomic mass is 32.2. The number of benzene rings is 1. The Morgan fingerprint density at radius 2 is 1.74 bits per heavy atom. The van der Waals surface area contributed by atoms with Crippen molar-refractivity contribution in [3.63, 3.8) is 0 Å². The summed E-state index contributed by atoms with van der Waals surface area (Å²) in [5, 5.41) is 2.81. The second-order valence-electron chi connectivity index (χ2n) is 5.72. The summed E-state index contributed by atoms with van der Waals surface area (Å²) in [6, 6.07) is 7.69. The number of carbonyl (C=O) groups is 1. The van der Waals surface area contributed by atoms with Crippen LogP contribution in [0.25, 0.3) is 0 Å². The van der Waals surface area contributed by atoms with Crippen molar-refractivity contribution in [1.82, 2.24) is 4.31 Å². The molecule has 0 fully saturated rings. The molecule has 1 amide bonds. The van der Waals surface area contributed by atoms with Crippen LogP contribution in [0.15, 0.2) is 24.3 Å². The minimum absolute atomic E-state index is 0.161. The molecule has 1 aromatic carbocycles. The molecule has 0 spiro atoms. The quantitative estimate of drug-likeness (QED) is 0.666. The number of amides is 1. The average Bonchev–Trinajstić information content (AvgIpc) is 2.50. The van der Waals surface area contributed by atoms with E-state index >= 15 is 0 Å².